The highest BCUT2D eigenvalue weighted by Crippen LogP contribution is 3.20. The molecule has 7 aliphatic rings. The number of hydrogen-bond donors (Lipinski definition) is 5. The minimum atomic E-state index is -1.60. The highest BCUT2D eigenvalue weighted by molar-refractivity contribution is 5.89. The minimum absolute atomic E-state index is 0.0537. The van der Waals surface area contributed by atoms with Gasteiger partial charge in [0.25, 0.3) is 0 Å². The lowest BCUT2D eigenvalue weighted by molar-refractivity contribution is -0.550. The van der Waals surface area contributed by atoms with E-state index in [0.29, 0.717) is 12.0 Å². The van der Waals surface area contributed by atoms with Gasteiger partial charge in [0.1, 0.15) is 36.6 Å². The molecular weight excluding hydrogens is 464 g/mol. The summed E-state index contributed by atoms with van der Waals surface area (Å²) in [6, 6.07) is 8.57. The Morgan fingerprint density at radius 1 is 1.11 bits per heavy atom. The molecule has 7 fully saturated rings. The first-order valence-electron chi connectivity index (χ1n) is 11.9. The second-order valence-corrected chi connectivity index (χ2v) is 11.3. The maximum Gasteiger partial charge on any atom is 0.338 e. The van der Waals surface area contributed by atoms with E-state index in [4.69, 9.17) is 23.7 Å². The molecule has 4 aliphatic carbocycles. The average Bonchev–Trinajstić information content (AvgIpc) is 3.56. The molecule has 1 aromatic carbocycles. The predicted molar refractivity (Wildman–Crippen MR) is 109 cm³/mol. The van der Waals surface area contributed by atoms with Gasteiger partial charge in [-0.2, -0.15) is 0 Å². The maximum absolute atomic E-state index is 12.8. The topological polar surface area (TPSA) is 164 Å². The van der Waals surface area contributed by atoms with Gasteiger partial charge in [-0.15, -0.1) is 0 Å². The second kappa shape index (κ2) is 5.74. The van der Waals surface area contributed by atoms with Gasteiger partial charge >= 0.3 is 5.97 Å². The van der Waals surface area contributed by atoms with E-state index < -0.39 is 82.8 Å². The lowest BCUT2D eigenvalue weighted by Gasteiger charge is -2.70. The summed E-state index contributed by atoms with van der Waals surface area (Å²) in [5.74, 6) is -2.24. The Bertz CT molecular complexity index is 1160. The number of esters is 1. The monoisotopic (exact) mass is 490 g/mol. The lowest BCUT2D eigenvalue weighted by atomic mass is 9.51. The fourth-order valence-corrected chi connectivity index (χ4v) is 9.48. The molecule has 6 unspecified atom stereocenters. The zero-order chi connectivity index (χ0) is 24.4. The quantitative estimate of drug-likeness (QED) is 0.287. The molecule has 11 nitrogen and oxygen atoms in total. The molecule has 11 heteroatoms. The van der Waals surface area contributed by atoms with Gasteiger partial charge in [-0.3, -0.25) is 0 Å². The predicted octanol–water partition coefficient (Wildman–Crippen LogP) is -1.75. The summed E-state index contributed by atoms with van der Waals surface area (Å²) in [6.45, 7) is 1.21. The molecule has 35 heavy (non-hydrogen) atoms. The fourth-order valence-electron chi connectivity index (χ4n) is 9.48. The third-order valence-electron chi connectivity index (χ3n) is 10.4. The molecule has 0 amide bonds. The van der Waals surface area contributed by atoms with Crippen molar-refractivity contribution >= 4 is 5.97 Å². The van der Waals surface area contributed by atoms with Crippen LogP contribution < -0.4 is 0 Å². The molecule has 8 rings (SSSR count). The van der Waals surface area contributed by atoms with Crippen molar-refractivity contribution in [1.82, 2.24) is 0 Å². The van der Waals surface area contributed by atoms with Gasteiger partial charge in [0.15, 0.2) is 18.4 Å². The first-order chi connectivity index (χ1) is 16.6. The summed E-state index contributed by atoms with van der Waals surface area (Å²) in [7, 11) is 0. The summed E-state index contributed by atoms with van der Waals surface area (Å²) < 4.78 is 29.9. The van der Waals surface area contributed by atoms with E-state index in [9.17, 15) is 30.3 Å². The van der Waals surface area contributed by atoms with Gasteiger partial charge < -0.3 is 49.2 Å². The van der Waals surface area contributed by atoms with Crippen LogP contribution in [0.4, 0.5) is 0 Å². The van der Waals surface area contributed by atoms with Crippen LogP contribution in [0.3, 0.4) is 0 Å². The second-order valence-electron chi connectivity index (χ2n) is 11.3. The molecular formula is C24H26O11. The third kappa shape index (κ3) is 1.67. The molecule has 1 aromatic rings. The number of fused-ring (bicyclic) bond motifs is 5. The van der Waals surface area contributed by atoms with E-state index in [0.717, 1.165) is 0 Å². The van der Waals surface area contributed by atoms with Gasteiger partial charge in [0.05, 0.1) is 28.6 Å². The standard InChI is InChI=1S/C24H26O11/c1-19-8-20-18(34-19)35-23(20,30)17-21(9-31-15(29)10-5-3-2-4-6-10)22(17,20)24(19,21)33-16-14(28)13(27)12(26)11(7-25)32-16/h2-6,11-14,16-18,25-28,30H,7-9H2,1H3/t11?,12-,13?,14?,16+,17-,18?,19+,20?,21?,22+,23+,24-/m1/s1. The van der Waals surface area contributed by atoms with Crippen molar-refractivity contribution in [3.05, 3.63) is 35.9 Å². The summed E-state index contributed by atoms with van der Waals surface area (Å²) >= 11 is 0. The molecule has 188 valence electrons. The summed E-state index contributed by atoms with van der Waals surface area (Å²) in [5, 5.41) is 52.1. The highest BCUT2D eigenvalue weighted by Gasteiger charge is 3.32. The molecule has 3 heterocycles. The summed E-state index contributed by atoms with van der Waals surface area (Å²) in [4.78, 5) is 12.8. The number of benzene rings is 1. The SMILES string of the molecule is C[C@]12CC34C(O[C@@]3(O)[C@@H]3C5(COC(=O)c6ccccc6)[C@]34[C@]51O[C@@H]1OC(CO)[C@@H](O)C(O)C1O)O2. The lowest BCUT2D eigenvalue weighted by Crippen LogP contribution is -2.83. The van der Waals surface area contributed by atoms with Crippen LogP contribution >= 0.6 is 0 Å². The molecule has 0 radical (unpaired) electrons. The number of aliphatic hydroxyl groups is 5. The fraction of sp³-hybridized carbons (Fsp3) is 0.708. The number of hydrogen-bond acceptors (Lipinski definition) is 11. The van der Waals surface area contributed by atoms with E-state index in [1.54, 1.807) is 30.3 Å². The minimum Gasteiger partial charge on any atom is -0.461 e. The van der Waals surface area contributed by atoms with Gasteiger partial charge in [-0.1, -0.05) is 18.2 Å². The Morgan fingerprint density at radius 3 is 2.57 bits per heavy atom. The number of carbonyl (C=O) groups is 1. The molecule has 2 bridgehead atoms. The van der Waals surface area contributed by atoms with E-state index >= 15 is 0 Å². The highest BCUT2D eigenvalue weighted by atomic mass is 16.8. The van der Waals surface area contributed by atoms with Crippen LogP contribution in [0.5, 0.6) is 0 Å². The number of rotatable bonds is 6. The van der Waals surface area contributed by atoms with Crippen molar-refractivity contribution in [2.75, 3.05) is 13.2 Å². The Kier molecular flexibility index (Phi) is 3.51. The largest absolute Gasteiger partial charge is 0.461 e. The molecule has 3 aliphatic heterocycles. The summed E-state index contributed by atoms with van der Waals surface area (Å²) in [6.07, 6.45) is -7.35. The molecule has 4 saturated carbocycles. The van der Waals surface area contributed by atoms with E-state index in [-0.39, 0.29) is 12.5 Å². The van der Waals surface area contributed by atoms with Gasteiger partial charge in [-0.25, -0.2) is 4.79 Å². The first kappa shape index (κ1) is 21.4. The van der Waals surface area contributed by atoms with Crippen LogP contribution in [0.2, 0.25) is 0 Å². The van der Waals surface area contributed by atoms with E-state index in [1.165, 1.54) is 0 Å². The van der Waals surface area contributed by atoms with Crippen molar-refractivity contribution in [3.63, 3.8) is 0 Å². The number of aliphatic hydroxyl groups excluding tert-OH is 4. The van der Waals surface area contributed by atoms with Gasteiger partial charge in [0.2, 0.25) is 0 Å². The smallest absolute Gasteiger partial charge is 0.338 e. The maximum atomic E-state index is 12.8. The summed E-state index contributed by atoms with van der Waals surface area (Å²) in [5.41, 5.74) is -3.75. The third-order valence-corrected chi connectivity index (χ3v) is 10.4. The van der Waals surface area contributed by atoms with Crippen LogP contribution in [0.25, 0.3) is 0 Å². The van der Waals surface area contributed by atoms with Crippen molar-refractivity contribution in [3.8, 4) is 0 Å². The molecule has 0 aromatic heterocycles. The zero-order valence-corrected chi connectivity index (χ0v) is 18.7. The Balaban J connectivity index is 1.15. The van der Waals surface area contributed by atoms with E-state index in [2.05, 4.69) is 0 Å². The van der Waals surface area contributed by atoms with Gasteiger partial charge in [-0.05, 0) is 25.5 Å². The average molecular weight is 490 g/mol. The van der Waals surface area contributed by atoms with Crippen molar-refractivity contribution < 1.29 is 54.0 Å². The van der Waals surface area contributed by atoms with Crippen LogP contribution in [-0.2, 0) is 23.7 Å². The van der Waals surface area contributed by atoms with Crippen molar-refractivity contribution in [1.29, 1.82) is 0 Å². The Labute approximate surface area is 199 Å². The van der Waals surface area contributed by atoms with Crippen LogP contribution in [-0.4, -0.2) is 98.7 Å². The normalized spacial score (nSPS) is 61.3. The van der Waals surface area contributed by atoms with Crippen molar-refractivity contribution in [2.45, 2.75) is 67.3 Å². The Morgan fingerprint density at radius 2 is 1.86 bits per heavy atom. The zero-order valence-electron chi connectivity index (χ0n) is 18.7. The van der Waals surface area contributed by atoms with Crippen LogP contribution in [0.1, 0.15) is 23.7 Å². The van der Waals surface area contributed by atoms with Gasteiger partial charge in [0, 0.05) is 11.3 Å². The van der Waals surface area contributed by atoms with E-state index in [1.807, 2.05) is 6.92 Å². The van der Waals surface area contributed by atoms with Crippen LogP contribution in [0.15, 0.2) is 30.3 Å². The molecule has 5 N–H and O–H groups in total. The number of carbonyl (C=O) groups excluding carboxylic acids is 1. The Hall–Kier alpha value is -1.67. The molecule has 3 saturated heterocycles. The molecule has 13 atom stereocenters. The van der Waals surface area contributed by atoms with Crippen LogP contribution in [0, 0.1) is 22.2 Å². The number of ether oxygens (including phenoxy) is 5. The molecule has 2 spiro atoms. The van der Waals surface area contributed by atoms with Crippen molar-refractivity contribution in [2.24, 2.45) is 22.2 Å². The first-order valence-corrected chi connectivity index (χ1v) is 11.9.